The Morgan fingerprint density at radius 1 is 1.85 bits per heavy atom. The molecule has 0 radical (unpaired) electrons. The summed E-state index contributed by atoms with van der Waals surface area (Å²) in [5, 5.41) is 0.248. The standard InChI is InChI=1S/C8H8ClIN2O/c1-3-5(2)12-4-11-7(9)6(10)8(12)13/h3-5H,1H2,2H3. The van der Waals surface area contributed by atoms with E-state index in [2.05, 4.69) is 11.6 Å². The van der Waals surface area contributed by atoms with Gasteiger partial charge >= 0.3 is 0 Å². The third-order valence-electron chi connectivity index (χ3n) is 1.68. The van der Waals surface area contributed by atoms with Gasteiger partial charge in [0.15, 0.2) is 0 Å². The molecule has 3 nitrogen and oxygen atoms in total. The summed E-state index contributed by atoms with van der Waals surface area (Å²) in [6, 6.07) is -0.0641. The van der Waals surface area contributed by atoms with Gasteiger partial charge in [0.1, 0.15) is 8.72 Å². The first-order valence-electron chi connectivity index (χ1n) is 3.62. The van der Waals surface area contributed by atoms with Crippen LogP contribution >= 0.6 is 34.2 Å². The summed E-state index contributed by atoms with van der Waals surface area (Å²) in [7, 11) is 0. The van der Waals surface area contributed by atoms with E-state index in [4.69, 9.17) is 11.6 Å². The van der Waals surface area contributed by atoms with Crippen molar-refractivity contribution < 1.29 is 0 Å². The number of nitrogens with zero attached hydrogens (tertiary/aromatic N) is 2. The SMILES string of the molecule is C=CC(C)n1cnc(Cl)c(I)c1=O. The lowest BCUT2D eigenvalue weighted by Gasteiger charge is -2.09. The Kier molecular flexibility index (Phi) is 3.49. The number of rotatable bonds is 2. The summed E-state index contributed by atoms with van der Waals surface area (Å²) in [4.78, 5) is 15.5. The van der Waals surface area contributed by atoms with Crippen LogP contribution in [0, 0.1) is 3.57 Å². The maximum Gasteiger partial charge on any atom is 0.268 e. The van der Waals surface area contributed by atoms with Crippen molar-refractivity contribution in [2.75, 3.05) is 0 Å². The number of hydrogen-bond acceptors (Lipinski definition) is 2. The van der Waals surface area contributed by atoms with Crippen molar-refractivity contribution in [3.8, 4) is 0 Å². The molecule has 1 aromatic heterocycles. The molecule has 0 aliphatic heterocycles. The molecule has 1 aromatic rings. The second-order valence-electron chi connectivity index (χ2n) is 2.54. The Bertz CT molecular complexity index is 388. The van der Waals surface area contributed by atoms with Crippen LogP contribution in [0.3, 0.4) is 0 Å². The molecular weight excluding hydrogens is 302 g/mol. The average Bonchev–Trinajstić information content (AvgIpc) is 2.13. The summed E-state index contributed by atoms with van der Waals surface area (Å²) < 4.78 is 1.93. The zero-order valence-corrected chi connectivity index (χ0v) is 9.91. The maximum atomic E-state index is 11.6. The number of halogens is 2. The predicted octanol–water partition coefficient (Wildman–Crippen LogP) is 2.25. The molecule has 1 unspecified atom stereocenters. The molecule has 0 saturated carbocycles. The molecule has 70 valence electrons. The highest BCUT2D eigenvalue weighted by molar-refractivity contribution is 14.1. The summed E-state index contributed by atoms with van der Waals surface area (Å²) >= 11 is 7.56. The number of allylic oxidation sites excluding steroid dienone is 1. The summed E-state index contributed by atoms with van der Waals surface area (Å²) in [5.41, 5.74) is -0.131. The van der Waals surface area contributed by atoms with E-state index in [0.717, 1.165) is 0 Å². The Balaban J connectivity index is 3.34. The average molecular weight is 311 g/mol. The van der Waals surface area contributed by atoms with Crippen molar-refractivity contribution in [1.29, 1.82) is 0 Å². The highest BCUT2D eigenvalue weighted by atomic mass is 127. The van der Waals surface area contributed by atoms with Gasteiger partial charge in [-0.3, -0.25) is 9.36 Å². The van der Waals surface area contributed by atoms with E-state index in [0.29, 0.717) is 3.57 Å². The molecule has 0 aliphatic rings. The summed E-state index contributed by atoms with van der Waals surface area (Å²) in [5.74, 6) is 0. The Labute approximate surface area is 94.6 Å². The van der Waals surface area contributed by atoms with Crippen molar-refractivity contribution in [2.24, 2.45) is 0 Å². The van der Waals surface area contributed by atoms with Gasteiger partial charge in [0.2, 0.25) is 0 Å². The highest BCUT2D eigenvalue weighted by Gasteiger charge is 2.08. The van der Waals surface area contributed by atoms with Crippen LogP contribution in [0.5, 0.6) is 0 Å². The van der Waals surface area contributed by atoms with Crippen molar-refractivity contribution in [3.63, 3.8) is 0 Å². The van der Waals surface area contributed by atoms with Gasteiger partial charge in [-0.05, 0) is 29.5 Å². The normalized spacial score (nSPS) is 12.5. The molecule has 0 N–H and O–H groups in total. The highest BCUT2D eigenvalue weighted by Crippen LogP contribution is 2.11. The minimum atomic E-state index is -0.131. The van der Waals surface area contributed by atoms with Gasteiger partial charge in [-0.2, -0.15) is 0 Å². The van der Waals surface area contributed by atoms with E-state index in [9.17, 15) is 4.79 Å². The Morgan fingerprint density at radius 3 is 3.00 bits per heavy atom. The Hall–Kier alpha value is -0.360. The fourth-order valence-electron chi connectivity index (χ4n) is 0.827. The zero-order valence-electron chi connectivity index (χ0n) is 7.00. The molecule has 0 saturated heterocycles. The van der Waals surface area contributed by atoms with Gasteiger partial charge in [-0.25, -0.2) is 4.98 Å². The first-order chi connectivity index (χ1) is 6.07. The molecule has 0 amide bonds. The second kappa shape index (κ2) is 4.23. The zero-order chi connectivity index (χ0) is 10.0. The van der Waals surface area contributed by atoms with Crippen LogP contribution in [0.1, 0.15) is 13.0 Å². The van der Waals surface area contributed by atoms with Crippen LogP contribution in [-0.4, -0.2) is 9.55 Å². The summed E-state index contributed by atoms with van der Waals surface area (Å²) in [6.07, 6.45) is 3.10. The van der Waals surface area contributed by atoms with Gasteiger partial charge in [0.05, 0.1) is 12.4 Å². The molecule has 1 heterocycles. The van der Waals surface area contributed by atoms with Crippen LogP contribution in [0.25, 0.3) is 0 Å². The van der Waals surface area contributed by atoms with Crippen molar-refractivity contribution in [1.82, 2.24) is 9.55 Å². The molecular formula is C8H8ClIN2O. The van der Waals surface area contributed by atoms with E-state index in [-0.39, 0.29) is 16.8 Å². The van der Waals surface area contributed by atoms with E-state index >= 15 is 0 Å². The monoisotopic (exact) mass is 310 g/mol. The minimum Gasteiger partial charge on any atom is -0.292 e. The lowest BCUT2D eigenvalue weighted by atomic mass is 10.3. The Morgan fingerprint density at radius 2 is 2.46 bits per heavy atom. The number of hydrogen-bond donors (Lipinski definition) is 0. The molecule has 5 heteroatoms. The van der Waals surface area contributed by atoms with Crippen LogP contribution in [0.2, 0.25) is 5.15 Å². The van der Waals surface area contributed by atoms with E-state index in [1.165, 1.54) is 10.9 Å². The van der Waals surface area contributed by atoms with Crippen LogP contribution in [0.15, 0.2) is 23.8 Å². The molecule has 0 bridgehead atoms. The minimum absolute atomic E-state index is 0.0641. The quantitative estimate of drug-likeness (QED) is 0.477. The molecule has 0 fully saturated rings. The second-order valence-corrected chi connectivity index (χ2v) is 3.97. The van der Waals surface area contributed by atoms with E-state index in [1.807, 2.05) is 29.5 Å². The van der Waals surface area contributed by atoms with E-state index < -0.39 is 0 Å². The van der Waals surface area contributed by atoms with Gasteiger partial charge in [-0.1, -0.05) is 17.7 Å². The first-order valence-corrected chi connectivity index (χ1v) is 5.08. The maximum absolute atomic E-state index is 11.6. The van der Waals surface area contributed by atoms with Gasteiger partial charge in [-0.15, -0.1) is 6.58 Å². The molecule has 0 spiro atoms. The van der Waals surface area contributed by atoms with Crippen LogP contribution < -0.4 is 5.56 Å². The van der Waals surface area contributed by atoms with Crippen LogP contribution in [-0.2, 0) is 0 Å². The van der Waals surface area contributed by atoms with Gasteiger partial charge in [0, 0.05) is 0 Å². The third kappa shape index (κ3) is 2.11. The largest absolute Gasteiger partial charge is 0.292 e. The smallest absolute Gasteiger partial charge is 0.268 e. The molecule has 0 aromatic carbocycles. The third-order valence-corrected chi connectivity index (χ3v) is 3.26. The molecule has 1 rings (SSSR count). The first kappa shape index (κ1) is 10.7. The van der Waals surface area contributed by atoms with E-state index in [1.54, 1.807) is 6.08 Å². The van der Waals surface area contributed by atoms with Crippen LogP contribution in [0.4, 0.5) is 0 Å². The topological polar surface area (TPSA) is 34.9 Å². The number of aromatic nitrogens is 2. The van der Waals surface area contributed by atoms with Crippen molar-refractivity contribution in [3.05, 3.63) is 38.1 Å². The summed E-state index contributed by atoms with van der Waals surface area (Å²) in [6.45, 7) is 5.47. The molecule has 13 heavy (non-hydrogen) atoms. The van der Waals surface area contributed by atoms with Crippen molar-refractivity contribution >= 4 is 34.2 Å². The van der Waals surface area contributed by atoms with Crippen molar-refractivity contribution in [2.45, 2.75) is 13.0 Å². The van der Waals surface area contributed by atoms with Gasteiger partial charge < -0.3 is 0 Å². The predicted molar refractivity (Wildman–Crippen MR) is 61.1 cm³/mol. The molecule has 0 aliphatic carbocycles. The molecule has 1 atom stereocenters. The lowest BCUT2D eigenvalue weighted by molar-refractivity contribution is 0.618. The van der Waals surface area contributed by atoms with Gasteiger partial charge in [0.25, 0.3) is 5.56 Å². The fraction of sp³-hybridized carbons (Fsp3) is 0.250. The lowest BCUT2D eigenvalue weighted by Crippen LogP contribution is -2.25. The fourth-order valence-corrected chi connectivity index (χ4v) is 1.37.